The fourth-order valence-electron chi connectivity index (χ4n) is 3.96. The van der Waals surface area contributed by atoms with Crippen molar-refractivity contribution < 1.29 is 9.18 Å². The Hall–Kier alpha value is -3.15. The molecule has 2 heterocycles. The highest BCUT2D eigenvalue weighted by molar-refractivity contribution is 6.35. The highest BCUT2D eigenvalue weighted by atomic mass is 35.5. The van der Waals surface area contributed by atoms with Crippen molar-refractivity contribution in [1.29, 1.82) is 0 Å². The molecule has 1 aliphatic heterocycles. The molecule has 3 aromatic carbocycles. The summed E-state index contributed by atoms with van der Waals surface area (Å²) in [5.74, 6) is -0.638. The van der Waals surface area contributed by atoms with Gasteiger partial charge in [-0.2, -0.15) is 5.10 Å². The van der Waals surface area contributed by atoms with E-state index in [0.717, 1.165) is 16.7 Å². The lowest BCUT2D eigenvalue weighted by Crippen LogP contribution is -2.29. The van der Waals surface area contributed by atoms with Crippen LogP contribution in [0.5, 0.6) is 0 Å². The molecule has 0 radical (unpaired) electrons. The fourth-order valence-corrected chi connectivity index (χ4v) is 4.48. The maximum absolute atomic E-state index is 13.6. The predicted molar refractivity (Wildman–Crippen MR) is 120 cm³/mol. The number of amides is 1. The van der Waals surface area contributed by atoms with Crippen molar-refractivity contribution >= 4 is 34.8 Å². The number of aromatic amines is 1. The number of hydrogen-bond acceptors (Lipinski definition) is 2. The highest BCUT2D eigenvalue weighted by Gasteiger charge is 2.43. The summed E-state index contributed by atoms with van der Waals surface area (Å²) in [7, 11) is 0. The Bertz CT molecular complexity index is 1300. The summed E-state index contributed by atoms with van der Waals surface area (Å²) in [5, 5.41) is 8.29. The number of rotatable bonds is 3. The standard InChI is InChI=1S/C24H16Cl2FN3O/c1-13-2-4-14(5-3-13)21-20-22(29-28-21)24(31)30(17-9-7-16(27)8-10-17)23(20)18-11-6-15(25)12-19(18)26/h2-12,23H,1H3,(H,28,29). The molecule has 0 saturated heterocycles. The van der Waals surface area contributed by atoms with E-state index in [1.165, 1.54) is 12.1 Å². The predicted octanol–water partition coefficient (Wildman–Crippen LogP) is 6.58. The number of benzene rings is 3. The molecule has 0 spiro atoms. The first-order valence-electron chi connectivity index (χ1n) is 9.63. The third kappa shape index (κ3) is 3.30. The number of nitrogens with one attached hydrogen (secondary N) is 1. The summed E-state index contributed by atoms with van der Waals surface area (Å²) in [6.07, 6.45) is 0. The van der Waals surface area contributed by atoms with Crippen molar-refractivity contribution in [3.63, 3.8) is 0 Å². The Morgan fingerprint density at radius 1 is 1.00 bits per heavy atom. The second-order valence-corrected chi connectivity index (χ2v) is 8.29. The van der Waals surface area contributed by atoms with E-state index in [-0.39, 0.29) is 11.7 Å². The number of anilines is 1. The molecule has 1 aliphatic rings. The van der Waals surface area contributed by atoms with Crippen molar-refractivity contribution in [1.82, 2.24) is 10.2 Å². The largest absolute Gasteiger partial charge is 0.295 e. The molecular weight excluding hydrogens is 436 g/mol. The van der Waals surface area contributed by atoms with E-state index in [4.69, 9.17) is 23.2 Å². The van der Waals surface area contributed by atoms with Crippen LogP contribution in [0.2, 0.25) is 10.0 Å². The molecule has 5 rings (SSSR count). The molecule has 4 nitrogen and oxygen atoms in total. The lowest BCUT2D eigenvalue weighted by molar-refractivity contribution is 0.0988. The number of carbonyl (C=O) groups excluding carboxylic acids is 1. The molecule has 154 valence electrons. The van der Waals surface area contributed by atoms with Crippen LogP contribution in [0.25, 0.3) is 11.3 Å². The first-order chi connectivity index (χ1) is 14.9. The zero-order valence-electron chi connectivity index (χ0n) is 16.4. The van der Waals surface area contributed by atoms with Crippen LogP contribution in [-0.4, -0.2) is 16.1 Å². The van der Waals surface area contributed by atoms with Crippen molar-refractivity contribution in [3.05, 3.63) is 105 Å². The molecule has 0 fully saturated rings. The molecule has 1 unspecified atom stereocenters. The molecule has 1 amide bonds. The first kappa shape index (κ1) is 19.8. The number of halogens is 3. The number of fused-ring (bicyclic) bond motifs is 1. The van der Waals surface area contributed by atoms with Crippen LogP contribution in [0, 0.1) is 12.7 Å². The molecule has 0 bridgehead atoms. The van der Waals surface area contributed by atoms with Gasteiger partial charge in [0.1, 0.15) is 11.5 Å². The third-order valence-corrected chi connectivity index (χ3v) is 6.02. The monoisotopic (exact) mass is 451 g/mol. The van der Waals surface area contributed by atoms with Gasteiger partial charge in [0, 0.05) is 26.9 Å². The van der Waals surface area contributed by atoms with Gasteiger partial charge in [-0.15, -0.1) is 0 Å². The summed E-state index contributed by atoms with van der Waals surface area (Å²) in [5.41, 5.74) is 5.05. The van der Waals surface area contributed by atoms with E-state index in [9.17, 15) is 9.18 Å². The van der Waals surface area contributed by atoms with E-state index in [2.05, 4.69) is 10.2 Å². The van der Waals surface area contributed by atoms with Gasteiger partial charge >= 0.3 is 0 Å². The van der Waals surface area contributed by atoms with E-state index in [1.807, 2.05) is 31.2 Å². The zero-order valence-corrected chi connectivity index (χ0v) is 17.9. The van der Waals surface area contributed by atoms with Gasteiger partial charge in [0.2, 0.25) is 0 Å². The van der Waals surface area contributed by atoms with Gasteiger partial charge in [0.05, 0.1) is 11.7 Å². The first-order valence-corrected chi connectivity index (χ1v) is 10.4. The molecule has 1 atom stereocenters. The Morgan fingerprint density at radius 2 is 1.71 bits per heavy atom. The second kappa shape index (κ2) is 7.52. The van der Waals surface area contributed by atoms with Gasteiger partial charge < -0.3 is 0 Å². The number of aromatic nitrogens is 2. The summed E-state index contributed by atoms with van der Waals surface area (Å²) in [4.78, 5) is 15.0. The van der Waals surface area contributed by atoms with Crippen LogP contribution in [0.3, 0.4) is 0 Å². The van der Waals surface area contributed by atoms with Gasteiger partial charge in [-0.1, -0.05) is 59.1 Å². The summed E-state index contributed by atoms with van der Waals surface area (Å²) < 4.78 is 13.6. The highest BCUT2D eigenvalue weighted by Crippen LogP contribution is 2.46. The van der Waals surface area contributed by atoms with E-state index in [1.54, 1.807) is 35.2 Å². The molecule has 4 aromatic rings. The minimum absolute atomic E-state index is 0.261. The smallest absolute Gasteiger partial charge is 0.277 e. The summed E-state index contributed by atoms with van der Waals surface area (Å²) in [6.45, 7) is 2.01. The average Bonchev–Trinajstić information content (AvgIpc) is 3.29. The third-order valence-electron chi connectivity index (χ3n) is 5.46. The Balaban J connectivity index is 1.74. The maximum Gasteiger partial charge on any atom is 0.277 e. The molecule has 31 heavy (non-hydrogen) atoms. The molecule has 0 saturated carbocycles. The average molecular weight is 452 g/mol. The van der Waals surface area contributed by atoms with Gasteiger partial charge in [0.15, 0.2) is 0 Å². The van der Waals surface area contributed by atoms with Gasteiger partial charge in [0.25, 0.3) is 5.91 Å². The number of nitrogens with zero attached hydrogens (tertiary/aromatic N) is 2. The molecular formula is C24H16Cl2FN3O. The number of carbonyl (C=O) groups is 1. The molecule has 7 heteroatoms. The minimum Gasteiger partial charge on any atom is -0.295 e. The van der Waals surface area contributed by atoms with Crippen LogP contribution in [0.1, 0.15) is 33.2 Å². The lowest BCUT2D eigenvalue weighted by atomic mass is 9.95. The van der Waals surface area contributed by atoms with Gasteiger partial charge in [-0.05, 0) is 48.9 Å². The Labute approximate surface area is 188 Å². The van der Waals surface area contributed by atoms with Crippen molar-refractivity contribution in [2.24, 2.45) is 0 Å². The topological polar surface area (TPSA) is 49.0 Å². The van der Waals surface area contributed by atoms with E-state index < -0.39 is 6.04 Å². The van der Waals surface area contributed by atoms with Crippen molar-refractivity contribution in [2.45, 2.75) is 13.0 Å². The SMILES string of the molecule is Cc1ccc(-c2n[nH]c3c2C(c2ccc(Cl)cc2Cl)N(c2ccc(F)cc2)C3=O)cc1. The number of aryl methyl sites for hydroxylation is 1. The van der Waals surface area contributed by atoms with Crippen molar-refractivity contribution in [3.8, 4) is 11.3 Å². The molecule has 1 N–H and O–H groups in total. The maximum atomic E-state index is 13.6. The quantitative estimate of drug-likeness (QED) is 0.382. The van der Waals surface area contributed by atoms with Gasteiger partial charge in [-0.3, -0.25) is 14.8 Å². The van der Waals surface area contributed by atoms with Crippen LogP contribution in [-0.2, 0) is 0 Å². The second-order valence-electron chi connectivity index (χ2n) is 7.45. The Morgan fingerprint density at radius 3 is 2.39 bits per heavy atom. The Kier molecular flexibility index (Phi) is 4.80. The van der Waals surface area contributed by atoms with Crippen LogP contribution >= 0.6 is 23.2 Å². The summed E-state index contributed by atoms with van der Waals surface area (Å²) in [6, 6.07) is 18.4. The zero-order chi connectivity index (χ0) is 21.7. The fraction of sp³-hybridized carbons (Fsp3) is 0.0833. The van der Waals surface area contributed by atoms with Crippen LogP contribution < -0.4 is 4.90 Å². The minimum atomic E-state index is -0.548. The van der Waals surface area contributed by atoms with E-state index in [0.29, 0.717) is 32.7 Å². The van der Waals surface area contributed by atoms with Crippen LogP contribution in [0.15, 0.2) is 66.7 Å². The van der Waals surface area contributed by atoms with Crippen molar-refractivity contribution in [2.75, 3.05) is 4.90 Å². The molecule has 1 aromatic heterocycles. The number of hydrogen-bond donors (Lipinski definition) is 1. The van der Waals surface area contributed by atoms with Gasteiger partial charge in [-0.25, -0.2) is 4.39 Å². The summed E-state index contributed by atoms with van der Waals surface area (Å²) >= 11 is 12.7. The van der Waals surface area contributed by atoms with E-state index >= 15 is 0 Å². The van der Waals surface area contributed by atoms with Crippen LogP contribution in [0.4, 0.5) is 10.1 Å². The molecule has 0 aliphatic carbocycles. The normalized spacial score (nSPS) is 15.4. The lowest BCUT2D eigenvalue weighted by Gasteiger charge is -2.27. The number of H-pyrrole nitrogens is 1.